The van der Waals surface area contributed by atoms with E-state index >= 15 is 0 Å². The Bertz CT molecular complexity index is 1260. The molecule has 2 heterocycles. The molecule has 2 aromatic carbocycles. The Morgan fingerprint density at radius 3 is 2.33 bits per heavy atom. The number of nitrogens with zero attached hydrogens (tertiary/aromatic N) is 2. The molecule has 1 aromatic heterocycles. The van der Waals surface area contributed by atoms with Crippen LogP contribution in [0.25, 0.3) is 5.76 Å². The van der Waals surface area contributed by atoms with Crippen molar-refractivity contribution in [3.63, 3.8) is 0 Å². The van der Waals surface area contributed by atoms with E-state index < -0.39 is 23.5 Å². The molecule has 33 heavy (non-hydrogen) atoms. The molecule has 1 atom stereocenters. The minimum atomic E-state index is -0.939. The summed E-state index contributed by atoms with van der Waals surface area (Å²) in [4.78, 5) is 31.8. The Morgan fingerprint density at radius 1 is 1.03 bits per heavy atom. The number of halogens is 2. The van der Waals surface area contributed by atoms with Crippen molar-refractivity contribution in [2.24, 2.45) is 0 Å². The van der Waals surface area contributed by atoms with E-state index in [-0.39, 0.29) is 21.9 Å². The number of benzene rings is 2. The van der Waals surface area contributed by atoms with Gasteiger partial charge in [0.05, 0.1) is 36.4 Å². The first-order valence-corrected chi connectivity index (χ1v) is 10.5. The van der Waals surface area contributed by atoms with Crippen LogP contribution in [0.1, 0.15) is 17.2 Å². The zero-order valence-electron chi connectivity index (χ0n) is 17.6. The van der Waals surface area contributed by atoms with Crippen LogP contribution in [-0.2, 0) is 9.59 Å². The zero-order chi connectivity index (χ0) is 23.7. The highest BCUT2D eigenvalue weighted by Crippen LogP contribution is 2.44. The van der Waals surface area contributed by atoms with Gasteiger partial charge in [-0.05, 0) is 42.0 Å². The first kappa shape index (κ1) is 22.6. The number of hydrogen-bond donors (Lipinski definition) is 1. The number of anilines is 1. The third-order valence-electron chi connectivity index (χ3n) is 5.28. The Labute approximate surface area is 199 Å². The number of ether oxygens (including phenoxy) is 2. The number of ketones is 1. The van der Waals surface area contributed by atoms with Gasteiger partial charge in [-0.25, -0.2) is 0 Å². The fourth-order valence-electron chi connectivity index (χ4n) is 3.74. The van der Waals surface area contributed by atoms with Gasteiger partial charge >= 0.3 is 0 Å². The normalized spacial score (nSPS) is 17.3. The Kier molecular flexibility index (Phi) is 6.26. The number of amides is 1. The first-order valence-electron chi connectivity index (χ1n) is 9.75. The lowest BCUT2D eigenvalue weighted by Crippen LogP contribution is -2.29. The number of aliphatic hydroxyl groups is 1. The first-order chi connectivity index (χ1) is 15.9. The van der Waals surface area contributed by atoms with E-state index in [0.29, 0.717) is 22.0 Å². The Hall–Kier alpha value is -3.55. The highest BCUT2D eigenvalue weighted by molar-refractivity contribution is 6.51. The van der Waals surface area contributed by atoms with E-state index in [1.54, 1.807) is 42.6 Å². The van der Waals surface area contributed by atoms with Crippen LogP contribution in [0.15, 0.2) is 66.5 Å². The summed E-state index contributed by atoms with van der Waals surface area (Å²) >= 11 is 12.3. The second-order valence-electron chi connectivity index (χ2n) is 7.12. The van der Waals surface area contributed by atoms with Crippen molar-refractivity contribution in [2.75, 3.05) is 19.1 Å². The fourth-order valence-corrected chi connectivity index (χ4v) is 4.11. The molecule has 1 unspecified atom stereocenters. The van der Waals surface area contributed by atoms with Crippen molar-refractivity contribution in [1.82, 2.24) is 4.98 Å². The number of aromatic nitrogens is 1. The number of methoxy groups -OCH3 is 2. The molecule has 0 spiro atoms. The maximum atomic E-state index is 13.2. The van der Waals surface area contributed by atoms with Crippen LogP contribution in [-0.4, -0.2) is 36.0 Å². The summed E-state index contributed by atoms with van der Waals surface area (Å²) in [7, 11) is 2.85. The van der Waals surface area contributed by atoms with Crippen LogP contribution in [0.2, 0.25) is 10.0 Å². The van der Waals surface area contributed by atoms with Crippen LogP contribution in [0.3, 0.4) is 0 Å². The molecule has 3 aromatic rings. The largest absolute Gasteiger partial charge is 0.507 e. The molecule has 1 fully saturated rings. The predicted molar refractivity (Wildman–Crippen MR) is 125 cm³/mol. The summed E-state index contributed by atoms with van der Waals surface area (Å²) in [6, 6.07) is 11.9. The van der Waals surface area contributed by atoms with Crippen molar-refractivity contribution in [1.29, 1.82) is 0 Å². The van der Waals surface area contributed by atoms with Crippen LogP contribution < -0.4 is 14.4 Å². The number of hydrogen-bond acceptors (Lipinski definition) is 6. The lowest BCUT2D eigenvalue weighted by atomic mass is 9.95. The monoisotopic (exact) mass is 484 g/mol. The summed E-state index contributed by atoms with van der Waals surface area (Å²) < 4.78 is 10.6. The van der Waals surface area contributed by atoms with Gasteiger partial charge in [-0.2, -0.15) is 0 Å². The van der Waals surface area contributed by atoms with E-state index in [1.165, 1.54) is 37.4 Å². The fraction of sp³-hybridized carbons (Fsp3) is 0.125. The summed E-state index contributed by atoms with van der Waals surface area (Å²) in [6.07, 6.45) is 3.11. The van der Waals surface area contributed by atoms with Crippen LogP contribution in [0.4, 0.5) is 5.69 Å². The second kappa shape index (κ2) is 9.13. The third kappa shape index (κ3) is 4.01. The molecule has 1 amide bonds. The number of carbonyl (C=O) groups is 2. The smallest absolute Gasteiger partial charge is 0.300 e. The van der Waals surface area contributed by atoms with Crippen molar-refractivity contribution in [3.8, 4) is 11.5 Å². The van der Waals surface area contributed by atoms with Crippen molar-refractivity contribution >= 4 is 46.3 Å². The van der Waals surface area contributed by atoms with Gasteiger partial charge < -0.3 is 14.6 Å². The summed E-state index contributed by atoms with van der Waals surface area (Å²) in [5.74, 6) is -1.54. The lowest BCUT2D eigenvalue weighted by molar-refractivity contribution is -0.132. The molecule has 1 saturated heterocycles. The van der Waals surface area contributed by atoms with E-state index in [9.17, 15) is 14.7 Å². The molecule has 0 radical (unpaired) electrons. The highest BCUT2D eigenvalue weighted by Gasteiger charge is 2.47. The molecular weight excluding hydrogens is 467 g/mol. The molecule has 1 aliphatic rings. The molecule has 7 nitrogen and oxygen atoms in total. The maximum Gasteiger partial charge on any atom is 0.300 e. The molecular formula is C24H18Cl2N2O5. The SMILES string of the molecule is COc1cc(OC)c(/C(O)=C2\C(=O)C(=O)N(c3ccc(Cl)cc3)C2c2cccnc2)cc1Cl. The summed E-state index contributed by atoms with van der Waals surface area (Å²) in [6.45, 7) is 0. The topological polar surface area (TPSA) is 89.0 Å². The maximum absolute atomic E-state index is 13.2. The molecule has 0 saturated carbocycles. The molecule has 168 valence electrons. The molecule has 0 aliphatic carbocycles. The molecule has 0 bridgehead atoms. The Balaban J connectivity index is 1.97. The minimum Gasteiger partial charge on any atom is -0.507 e. The van der Waals surface area contributed by atoms with E-state index in [2.05, 4.69) is 4.98 Å². The van der Waals surface area contributed by atoms with Crippen molar-refractivity contribution in [2.45, 2.75) is 6.04 Å². The number of pyridine rings is 1. The highest BCUT2D eigenvalue weighted by atomic mass is 35.5. The number of Topliss-reactive ketones (excluding diaryl/α,β-unsaturated/α-hetero) is 1. The second-order valence-corrected chi connectivity index (χ2v) is 7.96. The van der Waals surface area contributed by atoms with E-state index in [1.807, 2.05) is 0 Å². The van der Waals surface area contributed by atoms with Gasteiger partial charge in [0, 0.05) is 29.2 Å². The van der Waals surface area contributed by atoms with Crippen LogP contribution in [0.5, 0.6) is 11.5 Å². The van der Waals surface area contributed by atoms with Gasteiger partial charge in [0.2, 0.25) is 0 Å². The van der Waals surface area contributed by atoms with E-state index in [4.69, 9.17) is 32.7 Å². The molecule has 1 aliphatic heterocycles. The number of rotatable bonds is 5. The van der Waals surface area contributed by atoms with Gasteiger partial charge in [0.15, 0.2) is 0 Å². The van der Waals surface area contributed by atoms with Gasteiger partial charge in [-0.3, -0.25) is 19.5 Å². The standard InChI is InChI=1S/C24H18Cl2N2O5/c1-32-18-11-19(33-2)17(26)10-16(18)22(29)20-21(13-4-3-9-27-12-13)28(24(31)23(20)30)15-7-5-14(25)6-8-15/h3-12,21,29H,1-2H3/b22-20+. The average molecular weight is 485 g/mol. The van der Waals surface area contributed by atoms with Crippen LogP contribution >= 0.6 is 23.2 Å². The van der Waals surface area contributed by atoms with Gasteiger partial charge in [0.1, 0.15) is 17.3 Å². The number of carbonyl (C=O) groups excluding carboxylic acids is 2. The third-order valence-corrected chi connectivity index (χ3v) is 5.83. The minimum absolute atomic E-state index is 0.123. The molecule has 9 heteroatoms. The predicted octanol–water partition coefficient (Wildman–Crippen LogP) is 5.03. The summed E-state index contributed by atoms with van der Waals surface area (Å²) in [5.41, 5.74) is 0.995. The number of aliphatic hydroxyl groups excluding tert-OH is 1. The van der Waals surface area contributed by atoms with Crippen LogP contribution in [0, 0.1) is 0 Å². The average Bonchev–Trinajstić information content (AvgIpc) is 3.10. The van der Waals surface area contributed by atoms with E-state index in [0.717, 1.165) is 0 Å². The van der Waals surface area contributed by atoms with Crippen molar-refractivity contribution in [3.05, 3.63) is 87.7 Å². The Morgan fingerprint density at radius 2 is 1.73 bits per heavy atom. The van der Waals surface area contributed by atoms with Gasteiger partial charge in [-0.15, -0.1) is 0 Å². The summed E-state index contributed by atoms with van der Waals surface area (Å²) in [5, 5.41) is 12.0. The lowest BCUT2D eigenvalue weighted by Gasteiger charge is -2.25. The quantitative estimate of drug-likeness (QED) is 0.310. The molecule has 1 N–H and O–H groups in total. The zero-order valence-corrected chi connectivity index (χ0v) is 19.1. The van der Waals surface area contributed by atoms with Crippen molar-refractivity contribution < 1.29 is 24.2 Å². The van der Waals surface area contributed by atoms with Gasteiger partial charge in [-0.1, -0.05) is 29.3 Å². The molecule has 4 rings (SSSR count). The van der Waals surface area contributed by atoms with Gasteiger partial charge in [0.25, 0.3) is 11.7 Å².